The molecule has 0 amide bonds. The summed E-state index contributed by atoms with van der Waals surface area (Å²) in [4.78, 5) is 30.7. The zero-order valence-electron chi connectivity index (χ0n) is 21.7. The second-order valence-electron chi connectivity index (χ2n) is 10.3. The Morgan fingerprint density at radius 2 is 1.92 bits per heavy atom. The lowest BCUT2D eigenvalue weighted by atomic mass is 10.0. The highest BCUT2D eigenvalue weighted by Crippen LogP contribution is 2.33. The number of nitrogens with zero attached hydrogens (tertiary/aromatic N) is 3. The van der Waals surface area contributed by atoms with Crippen LogP contribution in [0.3, 0.4) is 0 Å². The molecule has 0 saturated heterocycles. The van der Waals surface area contributed by atoms with Crippen molar-refractivity contribution in [1.29, 1.82) is 0 Å². The summed E-state index contributed by atoms with van der Waals surface area (Å²) in [6, 6.07) is 10.1. The van der Waals surface area contributed by atoms with Crippen LogP contribution in [0.1, 0.15) is 61.4 Å². The van der Waals surface area contributed by atoms with Crippen LogP contribution in [0.25, 0.3) is 50.6 Å². The Balaban J connectivity index is 1.84. The maximum atomic E-state index is 13.8. The molecule has 188 valence electrons. The normalized spacial score (nSPS) is 15.8. The monoisotopic (exact) mass is 493 g/mol. The maximum Gasteiger partial charge on any atom is 0.262 e. The van der Waals surface area contributed by atoms with Crippen molar-refractivity contribution < 1.29 is 5.11 Å². The molecule has 0 spiro atoms. The molecule has 1 unspecified atom stereocenters. The van der Waals surface area contributed by atoms with Crippen LogP contribution in [0.2, 0.25) is 0 Å². The summed E-state index contributed by atoms with van der Waals surface area (Å²) in [5.41, 5.74) is 9.58. The Bertz CT molecular complexity index is 1890. The fourth-order valence-electron chi connectivity index (χ4n) is 5.63. The van der Waals surface area contributed by atoms with E-state index in [0.717, 1.165) is 67.8 Å². The van der Waals surface area contributed by atoms with Crippen LogP contribution in [0.5, 0.6) is 0 Å². The highest BCUT2D eigenvalue weighted by atomic mass is 16.3. The first-order valence-electron chi connectivity index (χ1n) is 12.9. The molecule has 37 heavy (non-hydrogen) atoms. The lowest BCUT2D eigenvalue weighted by molar-refractivity contribution is 0.350. The van der Waals surface area contributed by atoms with Gasteiger partial charge in [-0.05, 0) is 68.2 Å². The Morgan fingerprint density at radius 3 is 2.68 bits per heavy atom. The third-order valence-electron chi connectivity index (χ3n) is 7.70. The minimum absolute atomic E-state index is 0.0545. The minimum Gasteiger partial charge on any atom is -0.392 e. The second kappa shape index (κ2) is 8.56. The van der Waals surface area contributed by atoms with E-state index >= 15 is 0 Å². The fourth-order valence-corrected chi connectivity index (χ4v) is 5.63. The summed E-state index contributed by atoms with van der Waals surface area (Å²) in [5, 5.41) is 12.4. The van der Waals surface area contributed by atoms with Crippen molar-refractivity contribution in [3.63, 3.8) is 0 Å². The van der Waals surface area contributed by atoms with E-state index in [1.54, 1.807) is 4.57 Å². The number of nitrogens with one attached hydrogen (secondary N) is 2. The number of aromatic amines is 2. The number of aromatic nitrogens is 5. The van der Waals surface area contributed by atoms with Crippen LogP contribution in [0.15, 0.2) is 35.1 Å². The average Bonchev–Trinajstić information content (AvgIpc) is 3.59. The van der Waals surface area contributed by atoms with Crippen molar-refractivity contribution in [2.75, 3.05) is 6.61 Å². The van der Waals surface area contributed by atoms with Gasteiger partial charge in [0.25, 0.3) is 5.56 Å². The summed E-state index contributed by atoms with van der Waals surface area (Å²) in [6.45, 7) is 13.1. The SMILES string of the molecule is C=c1c2cc3cc4cc(C)c(cc5nc(cc6[nH]c(c(c(=O)n1CCC)c2n3)CC6C)C(C)=C5CO)[nH]4. The number of aliphatic hydroxyl groups excluding tert-OH is 1. The molecule has 1 atom stereocenters. The molecule has 0 fully saturated rings. The number of allylic oxidation sites excluding steroid dienone is 1. The highest BCUT2D eigenvalue weighted by molar-refractivity contribution is 5.99. The Labute approximate surface area is 214 Å². The number of pyridine rings is 1. The predicted molar refractivity (Wildman–Crippen MR) is 150 cm³/mol. The van der Waals surface area contributed by atoms with Gasteiger partial charge in [0.1, 0.15) is 0 Å². The molecule has 6 heterocycles. The third-order valence-corrected chi connectivity index (χ3v) is 7.70. The molecule has 4 aromatic rings. The number of aliphatic hydroxyl groups is 1. The zero-order valence-corrected chi connectivity index (χ0v) is 21.7. The van der Waals surface area contributed by atoms with Crippen LogP contribution >= 0.6 is 0 Å². The molecule has 0 aliphatic carbocycles. The van der Waals surface area contributed by atoms with Gasteiger partial charge in [-0.3, -0.25) is 4.79 Å². The molecule has 8 bridgehead atoms. The molecular formula is C30H31N5O2. The predicted octanol–water partition coefficient (Wildman–Crippen LogP) is 4.75. The number of hydrogen-bond donors (Lipinski definition) is 3. The summed E-state index contributed by atoms with van der Waals surface area (Å²) < 4.78 is 1.78. The quantitative estimate of drug-likeness (QED) is 0.384. The van der Waals surface area contributed by atoms with Crippen molar-refractivity contribution in [3.05, 3.63) is 74.4 Å². The maximum absolute atomic E-state index is 13.8. The van der Waals surface area contributed by atoms with Crippen LogP contribution in [-0.4, -0.2) is 36.2 Å². The molecule has 7 nitrogen and oxygen atoms in total. The summed E-state index contributed by atoms with van der Waals surface area (Å²) in [7, 11) is 0. The molecule has 2 aliphatic rings. The fraction of sp³-hybridized carbons (Fsp3) is 0.300. The van der Waals surface area contributed by atoms with Crippen molar-refractivity contribution in [2.24, 2.45) is 0 Å². The van der Waals surface area contributed by atoms with Crippen LogP contribution in [0.4, 0.5) is 0 Å². The molecule has 0 aromatic carbocycles. The zero-order chi connectivity index (χ0) is 26.0. The summed E-state index contributed by atoms with van der Waals surface area (Å²) in [6.07, 6.45) is 1.54. The van der Waals surface area contributed by atoms with E-state index in [4.69, 9.17) is 9.97 Å². The van der Waals surface area contributed by atoms with Gasteiger partial charge in [0.2, 0.25) is 0 Å². The number of fused-ring (bicyclic) bond motifs is 8. The average molecular weight is 494 g/mol. The van der Waals surface area contributed by atoms with Gasteiger partial charge in [-0.15, -0.1) is 0 Å². The molecule has 2 aliphatic heterocycles. The molecule has 6 rings (SSSR count). The molecule has 0 saturated carbocycles. The minimum atomic E-state index is -0.0841. The van der Waals surface area contributed by atoms with E-state index < -0.39 is 0 Å². The van der Waals surface area contributed by atoms with Crippen molar-refractivity contribution in [1.82, 2.24) is 24.5 Å². The van der Waals surface area contributed by atoms with E-state index in [9.17, 15) is 9.90 Å². The van der Waals surface area contributed by atoms with Gasteiger partial charge >= 0.3 is 0 Å². The van der Waals surface area contributed by atoms with Gasteiger partial charge < -0.3 is 19.6 Å². The van der Waals surface area contributed by atoms with Crippen LogP contribution in [0, 0.1) is 6.92 Å². The highest BCUT2D eigenvalue weighted by Gasteiger charge is 2.22. The van der Waals surface area contributed by atoms with E-state index in [2.05, 4.69) is 42.5 Å². The first-order chi connectivity index (χ1) is 17.8. The number of H-pyrrole nitrogens is 2. The van der Waals surface area contributed by atoms with Gasteiger partial charge in [0, 0.05) is 51.2 Å². The smallest absolute Gasteiger partial charge is 0.262 e. The summed E-state index contributed by atoms with van der Waals surface area (Å²) >= 11 is 0. The Hall–Kier alpha value is -3.97. The Morgan fingerprint density at radius 1 is 1.11 bits per heavy atom. The van der Waals surface area contributed by atoms with Crippen molar-refractivity contribution in [2.45, 2.75) is 53.0 Å². The molecule has 4 aromatic heterocycles. The number of hydrogen-bond acceptors (Lipinski definition) is 4. The second-order valence-corrected chi connectivity index (χ2v) is 10.3. The van der Waals surface area contributed by atoms with E-state index in [-0.39, 0.29) is 18.1 Å². The molecule has 3 N–H and O–H groups in total. The Kier molecular flexibility index (Phi) is 5.42. The largest absolute Gasteiger partial charge is 0.392 e. The summed E-state index contributed by atoms with van der Waals surface area (Å²) in [5.74, 6) is 0.175. The third kappa shape index (κ3) is 3.64. The lowest BCUT2D eigenvalue weighted by Crippen LogP contribution is -2.33. The molecule has 0 radical (unpaired) electrons. The molecular weight excluding hydrogens is 462 g/mol. The van der Waals surface area contributed by atoms with Gasteiger partial charge in [0.15, 0.2) is 0 Å². The van der Waals surface area contributed by atoms with E-state index in [1.807, 2.05) is 32.0 Å². The molecule has 7 heteroatoms. The van der Waals surface area contributed by atoms with Crippen molar-refractivity contribution >= 4 is 50.6 Å². The lowest BCUT2D eigenvalue weighted by Gasteiger charge is -2.08. The van der Waals surface area contributed by atoms with Gasteiger partial charge in [-0.1, -0.05) is 20.4 Å². The first kappa shape index (κ1) is 23.4. The van der Waals surface area contributed by atoms with Gasteiger partial charge in [-0.2, -0.15) is 0 Å². The van der Waals surface area contributed by atoms with Crippen molar-refractivity contribution in [3.8, 4) is 0 Å². The van der Waals surface area contributed by atoms with Crippen LogP contribution < -0.4 is 10.9 Å². The number of aryl methyl sites for hydroxylation is 1. The van der Waals surface area contributed by atoms with E-state index in [1.165, 1.54) is 0 Å². The first-order valence-corrected chi connectivity index (χ1v) is 12.9. The topological polar surface area (TPSA) is 99.6 Å². The van der Waals surface area contributed by atoms with Gasteiger partial charge in [-0.25, -0.2) is 9.97 Å². The van der Waals surface area contributed by atoms with Crippen LogP contribution in [-0.2, 0) is 13.0 Å². The number of rotatable bonds is 3. The van der Waals surface area contributed by atoms with Gasteiger partial charge in [0.05, 0.1) is 34.4 Å². The van der Waals surface area contributed by atoms with E-state index in [0.29, 0.717) is 29.2 Å². The standard InChI is InChI=1S/C30H31N5O2/c1-6-7-35-18(5)21-11-20-10-19-8-15(2)23(31-19)13-26-22(14-36)17(4)25(34-26)12-24-16(3)9-27(33-24)28(30(35)37)29(21)32-20/h8,10-13,16,31,33,36H,5-7,9,14H2,1-4H3.